The Bertz CT molecular complexity index is 571. The van der Waals surface area contributed by atoms with Crippen LogP contribution in [0.4, 0.5) is 0 Å². The van der Waals surface area contributed by atoms with Gasteiger partial charge in [-0.3, -0.25) is 4.68 Å². The van der Waals surface area contributed by atoms with Crippen LogP contribution in [-0.2, 0) is 13.5 Å². The van der Waals surface area contributed by atoms with Crippen molar-refractivity contribution in [2.45, 2.75) is 19.4 Å². The summed E-state index contributed by atoms with van der Waals surface area (Å²) >= 11 is 0. The van der Waals surface area contributed by atoms with Crippen molar-refractivity contribution >= 4 is 0 Å². The molecule has 0 aliphatic carbocycles. The molecule has 0 saturated carbocycles. The van der Waals surface area contributed by atoms with Gasteiger partial charge in [-0.15, -0.1) is 0 Å². The van der Waals surface area contributed by atoms with Gasteiger partial charge in [0.15, 0.2) is 0 Å². The summed E-state index contributed by atoms with van der Waals surface area (Å²) in [6.07, 6.45) is 0.879. The number of nitrogens with two attached hydrogens (primary N) is 1. The van der Waals surface area contributed by atoms with E-state index >= 15 is 0 Å². The molecular formula is C15H21N3O2. The Labute approximate surface area is 119 Å². The van der Waals surface area contributed by atoms with Crippen LogP contribution in [0.15, 0.2) is 24.3 Å². The number of nitrogens with zero attached hydrogens (tertiary/aromatic N) is 2. The van der Waals surface area contributed by atoms with Gasteiger partial charge in [0.05, 0.1) is 37.2 Å². The van der Waals surface area contributed by atoms with Crippen molar-refractivity contribution in [3.63, 3.8) is 0 Å². The van der Waals surface area contributed by atoms with Crippen LogP contribution in [-0.4, -0.2) is 24.0 Å². The van der Waals surface area contributed by atoms with Crippen molar-refractivity contribution in [2.24, 2.45) is 12.8 Å². The second-order valence-electron chi connectivity index (χ2n) is 4.59. The summed E-state index contributed by atoms with van der Waals surface area (Å²) in [5.41, 5.74) is 9.21. The second kappa shape index (κ2) is 5.96. The summed E-state index contributed by atoms with van der Waals surface area (Å²) in [6.45, 7) is 2.07. The largest absolute Gasteiger partial charge is 0.496 e. The summed E-state index contributed by atoms with van der Waals surface area (Å²) < 4.78 is 12.6. The van der Waals surface area contributed by atoms with E-state index in [1.54, 1.807) is 14.2 Å². The van der Waals surface area contributed by atoms with E-state index in [0.29, 0.717) is 0 Å². The fraction of sp³-hybridized carbons (Fsp3) is 0.400. The molecule has 0 bridgehead atoms. The van der Waals surface area contributed by atoms with E-state index in [0.717, 1.165) is 34.9 Å². The quantitative estimate of drug-likeness (QED) is 0.907. The molecular weight excluding hydrogens is 254 g/mol. The summed E-state index contributed by atoms with van der Waals surface area (Å²) in [4.78, 5) is 0. The number of rotatable bonds is 5. The highest BCUT2D eigenvalue weighted by atomic mass is 16.5. The lowest BCUT2D eigenvalue weighted by molar-refractivity contribution is 0.381. The zero-order chi connectivity index (χ0) is 14.7. The second-order valence-corrected chi connectivity index (χ2v) is 4.59. The molecule has 108 valence electrons. The Morgan fingerprint density at radius 3 is 2.30 bits per heavy atom. The number of hydrogen-bond acceptors (Lipinski definition) is 4. The topological polar surface area (TPSA) is 62.3 Å². The first-order chi connectivity index (χ1) is 9.62. The molecule has 5 heteroatoms. The summed E-state index contributed by atoms with van der Waals surface area (Å²) in [5.74, 6) is 1.44. The Morgan fingerprint density at radius 1 is 1.25 bits per heavy atom. The van der Waals surface area contributed by atoms with Crippen molar-refractivity contribution in [1.82, 2.24) is 9.78 Å². The maximum atomic E-state index is 6.42. The average Bonchev–Trinajstić information content (AvgIpc) is 2.86. The first-order valence-corrected chi connectivity index (χ1v) is 6.61. The normalized spacial score (nSPS) is 12.2. The van der Waals surface area contributed by atoms with Crippen molar-refractivity contribution in [1.29, 1.82) is 0 Å². The van der Waals surface area contributed by atoms with E-state index in [2.05, 4.69) is 12.0 Å². The van der Waals surface area contributed by atoms with Gasteiger partial charge in [-0.1, -0.05) is 13.0 Å². The molecule has 2 aromatic rings. The fourth-order valence-electron chi connectivity index (χ4n) is 2.34. The van der Waals surface area contributed by atoms with E-state index in [-0.39, 0.29) is 6.04 Å². The standard InChI is InChI=1S/C15H21N3O2/c1-5-10-9-11(18(2)17-10)15(16)14-12(19-3)7-6-8-13(14)20-4/h6-9,15H,5,16H2,1-4H3. The molecule has 1 atom stereocenters. The predicted molar refractivity (Wildman–Crippen MR) is 78.2 cm³/mol. The lowest BCUT2D eigenvalue weighted by Crippen LogP contribution is -2.17. The molecule has 0 spiro atoms. The molecule has 0 fully saturated rings. The van der Waals surface area contributed by atoms with Crippen LogP contribution in [0.25, 0.3) is 0 Å². The monoisotopic (exact) mass is 275 g/mol. The van der Waals surface area contributed by atoms with Crippen LogP contribution >= 0.6 is 0 Å². The van der Waals surface area contributed by atoms with E-state index < -0.39 is 0 Å². The van der Waals surface area contributed by atoms with Crippen LogP contribution in [0.2, 0.25) is 0 Å². The smallest absolute Gasteiger partial charge is 0.127 e. The molecule has 1 heterocycles. The van der Waals surface area contributed by atoms with Gasteiger partial charge >= 0.3 is 0 Å². The van der Waals surface area contributed by atoms with E-state index in [1.807, 2.05) is 36.0 Å². The first kappa shape index (κ1) is 14.4. The molecule has 0 aliphatic rings. The van der Waals surface area contributed by atoms with E-state index in [1.165, 1.54) is 0 Å². The number of hydrogen-bond donors (Lipinski definition) is 1. The van der Waals surface area contributed by atoms with Crippen molar-refractivity contribution in [3.8, 4) is 11.5 Å². The van der Waals surface area contributed by atoms with Crippen molar-refractivity contribution < 1.29 is 9.47 Å². The van der Waals surface area contributed by atoms with Crippen molar-refractivity contribution in [2.75, 3.05) is 14.2 Å². The van der Waals surface area contributed by atoms with Gasteiger partial charge in [0.2, 0.25) is 0 Å². The summed E-state index contributed by atoms with van der Waals surface area (Å²) in [5, 5.41) is 4.44. The van der Waals surface area contributed by atoms with Gasteiger partial charge in [0.1, 0.15) is 11.5 Å². The Kier molecular flexibility index (Phi) is 4.29. The lowest BCUT2D eigenvalue weighted by atomic mass is 10.0. The minimum Gasteiger partial charge on any atom is -0.496 e. The van der Waals surface area contributed by atoms with Gasteiger partial charge in [0, 0.05) is 7.05 Å². The van der Waals surface area contributed by atoms with Crippen LogP contribution in [0.5, 0.6) is 11.5 Å². The molecule has 0 amide bonds. The molecule has 0 saturated heterocycles. The van der Waals surface area contributed by atoms with E-state index in [9.17, 15) is 0 Å². The van der Waals surface area contributed by atoms with Gasteiger partial charge in [-0.05, 0) is 24.6 Å². The van der Waals surface area contributed by atoms with Crippen LogP contribution in [0.1, 0.15) is 29.9 Å². The molecule has 20 heavy (non-hydrogen) atoms. The maximum Gasteiger partial charge on any atom is 0.127 e. The highest BCUT2D eigenvalue weighted by molar-refractivity contribution is 5.49. The first-order valence-electron chi connectivity index (χ1n) is 6.61. The summed E-state index contributed by atoms with van der Waals surface area (Å²) in [6, 6.07) is 7.33. The third-order valence-corrected chi connectivity index (χ3v) is 3.42. The zero-order valence-electron chi connectivity index (χ0n) is 12.4. The minimum atomic E-state index is -0.348. The number of ether oxygens (including phenoxy) is 2. The van der Waals surface area contributed by atoms with Crippen molar-refractivity contribution in [3.05, 3.63) is 41.2 Å². The molecule has 1 aromatic heterocycles. The maximum absolute atomic E-state index is 6.42. The number of aryl methyl sites for hydroxylation is 2. The molecule has 1 aromatic carbocycles. The SMILES string of the molecule is CCc1cc(C(N)c2c(OC)cccc2OC)n(C)n1. The minimum absolute atomic E-state index is 0.348. The Balaban J connectivity index is 2.51. The zero-order valence-corrected chi connectivity index (χ0v) is 12.4. The van der Waals surface area contributed by atoms with Gasteiger partial charge < -0.3 is 15.2 Å². The molecule has 2 rings (SSSR count). The average molecular weight is 275 g/mol. The fourth-order valence-corrected chi connectivity index (χ4v) is 2.34. The summed E-state index contributed by atoms with van der Waals surface area (Å²) in [7, 11) is 5.16. The molecule has 5 nitrogen and oxygen atoms in total. The van der Waals surface area contributed by atoms with E-state index in [4.69, 9.17) is 15.2 Å². The van der Waals surface area contributed by atoms with Gasteiger partial charge in [-0.25, -0.2) is 0 Å². The molecule has 0 aliphatic heterocycles. The third-order valence-electron chi connectivity index (χ3n) is 3.42. The molecule has 0 radical (unpaired) electrons. The number of benzene rings is 1. The highest BCUT2D eigenvalue weighted by Gasteiger charge is 2.22. The predicted octanol–water partition coefficient (Wildman–Crippen LogP) is 2.05. The van der Waals surface area contributed by atoms with Gasteiger partial charge in [-0.2, -0.15) is 5.10 Å². The Hall–Kier alpha value is -2.01. The number of methoxy groups -OCH3 is 2. The third kappa shape index (κ3) is 2.49. The van der Waals surface area contributed by atoms with Crippen LogP contribution in [0.3, 0.4) is 0 Å². The Morgan fingerprint density at radius 2 is 1.85 bits per heavy atom. The lowest BCUT2D eigenvalue weighted by Gasteiger charge is -2.19. The molecule has 2 N–H and O–H groups in total. The molecule has 1 unspecified atom stereocenters. The van der Waals surface area contributed by atoms with Gasteiger partial charge in [0.25, 0.3) is 0 Å². The number of aromatic nitrogens is 2. The highest BCUT2D eigenvalue weighted by Crippen LogP contribution is 2.35. The van der Waals surface area contributed by atoms with Crippen LogP contribution in [0, 0.1) is 0 Å². The van der Waals surface area contributed by atoms with Crippen LogP contribution < -0.4 is 15.2 Å².